The number of rotatable bonds is 12. The molecule has 158 valence electrons. The first-order chi connectivity index (χ1) is 14.0. The Hall–Kier alpha value is -1.80. The molecule has 0 spiro atoms. The highest BCUT2D eigenvalue weighted by Gasteiger charge is 2.04. The maximum absolute atomic E-state index is 5.85. The van der Waals surface area contributed by atoms with Crippen LogP contribution in [0.1, 0.15) is 40.5 Å². The summed E-state index contributed by atoms with van der Waals surface area (Å²) in [5.74, 6) is 7.48. The molecule has 0 aliphatic carbocycles. The second-order valence-corrected chi connectivity index (χ2v) is 8.87. The molecule has 2 aromatic rings. The molecule has 4 heteroatoms. The van der Waals surface area contributed by atoms with Gasteiger partial charge in [0.15, 0.2) is 0 Å². The number of hydrogen-bond donors (Lipinski definition) is 0. The standard InChI is InChI=1S/C25H35NO2S/c1-5-26(14-8-6-7-13-25(2,3)4)15-16-27-17-18-28-24-11-9-10-22(20-24)23-12-19-29-21-23/h9-12,19-21H,5-6,8,14-18H2,1-4H3. The van der Waals surface area contributed by atoms with E-state index in [1.54, 1.807) is 11.3 Å². The highest BCUT2D eigenvalue weighted by atomic mass is 32.1. The molecule has 0 amide bonds. The van der Waals surface area contributed by atoms with E-state index < -0.39 is 0 Å². The van der Waals surface area contributed by atoms with E-state index >= 15 is 0 Å². The fourth-order valence-corrected chi connectivity index (χ4v) is 3.52. The lowest BCUT2D eigenvalue weighted by atomic mass is 9.98. The van der Waals surface area contributed by atoms with Crippen LogP contribution in [0.15, 0.2) is 41.1 Å². The molecule has 0 saturated carbocycles. The minimum atomic E-state index is 0.103. The normalized spacial score (nSPS) is 11.3. The van der Waals surface area contributed by atoms with Gasteiger partial charge in [-0.25, -0.2) is 0 Å². The van der Waals surface area contributed by atoms with Crippen LogP contribution in [0.2, 0.25) is 0 Å². The van der Waals surface area contributed by atoms with Gasteiger partial charge in [-0.1, -0.05) is 25.0 Å². The largest absolute Gasteiger partial charge is 0.491 e. The second kappa shape index (κ2) is 12.7. The summed E-state index contributed by atoms with van der Waals surface area (Å²) < 4.78 is 11.6. The molecule has 0 aliphatic heterocycles. The Morgan fingerprint density at radius 2 is 1.90 bits per heavy atom. The topological polar surface area (TPSA) is 21.7 Å². The highest BCUT2D eigenvalue weighted by molar-refractivity contribution is 7.08. The van der Waals surface area contributed by atoms with Crippen molar-refractivity contribution in [2.24, 2.45) is 5.41 Å². The molecule has 1 heterocycles. The van der Waals surface area contributed by atoms with E-state index in [1.807, 2.05) is 12.1 Å². The van der Waals surface area contributed by atoms with E-state index in [0.717, 1.165) is 44.8 Å². The SMILES string of the molecule is CCN(CCCC#CC(C)(C)C)CCOCCOc1cccc(-c2ccsc2)c1. The lowest BCUT2D eigenvalue weighted by Gasteiger charge is -2.19. The van der Waals surface area contributed by atoms with E-state index in [4.69, 9.17) is 9.47 Å². The van der Waals surface area contributed by atoms with Crippen LogP contribution in [0.3, 0.4) is 0 Å². The van der Waals surface area contributed by atoms with Crippen molar-refractivity contribution in [2.75, 3.05) is 39.5 Å². The molecule has 0 fully saturated rings. The Morgan fingerprint density at radius 1 is 1.03 bits per heavy atom. The zero-order valence-electron chi connectivity index (χ0n) is 18.4. The molecule has 0 aliphatic rings. The average Bonchev–Trinajstić information content (AvgIpc) is 3.23. The van der Waals surface area contributed by atoms with Gasteiger partial charge in [-0.3, -0.25) is 0 Å². The fraction of sp³-hybridized carbons (Fsp3) is 0.520. The quantitative estimate of drug-likeness (QED) is 0.316. The van der Waals surface area contributed by atoms with Gasteiger partial charge in [0.05, 0.1) is 13.2 Å². The van der Waals surface area contributed by atoms with Gasteiger partial charge in [0.1, 0.15) is 12.4 Å². The molecule has 0 N–H and O–H groups in total. The lowest BCUT2D eigenvalue weighted by molar-refractivity contribution is 0.0806. The Labute approximate surface area is 181 Å². The molecule has 29 heavy (non-hydrogen) atoms. The Morgan fingerprint density at radius 3 is 2.62 bits per heavy atom. The summed E-state index contributed by atoms with van der Waals surface area (Å²) in [7, 11) is 0. The lowest BCUT2D eigenvalue weighted by Crippen LogP contribution is -2.29. The van der Waals surface area contributed by atoms with Crippen LogP contribution in [0.25, 0.3) is 11.1 Å². The number of unbranched alkanes of at least 4 members (excludes halogenated alkanes) is 1. The number of thiophene rings is 1. The van der Waals surface area contributed by atoms with E-state index in [9.17, 15) is 0 Å². The Kier molecular flexibility index (Phi) is 10.3. The van der Waals surface area contributed by atoms with Crippen LogP contribution in [0.5, 0.6) is 5.75 Å². The molecule has 1 aromatic heterocycles. The van der Waals surface area contributed by atoms with Gasteiger partial charge in [-0.15, -0.1) is 5.92 Å². The number of likely N-dealkylation sites (N-methyl/N-ethyl adjacent to an activating group) is 1. The smallest absolute Gasteiger partial charge is 0.120 e. The third-order valence-electron chi connectivity index (χ3n) is 4.42. The fourth-order valence-electron chi connectivity index (χ4n) is 2.86. The summed E-state index contributed by atoms with van der Waals surface area (Å²) in [6, 6.07) is 10.4. The van der Waals surface area contributed by atoms with Crippen LogP contribution >= 0.6 is 11.3 Å². The number of benzene rings is 1. The molecule has 0 atom stereocenters. The molecular formula is C25H35NO2S. The molecule has 0 bridgehead atoms. The zero-order valence-corrected chi connectivity index (χ0v) is 19.2. The van der Waals surface area contributed by atoms with Crippen molar-refractivity contribution in [3.63, 3.8) is 0 Å². The first-order valence-corrected chi connectivity index (χ1v) is 11.5. The first kappa shape index (κ1) is 23.5. The van der Waals surface area contributed by atoms with E-state index in [-0.39, 0.29) is 5.41 Å². The third kappa shape index (κ3) is 9.99. The molecular weight excluding hydrogens is 378 g/mol. The molecule has 0 radical (unpaired) electrons. The minimum Gasteiger partial charge on any atom is -0.491 e. The molecule has 0 saturated heterocycles. The highest BCUT2D eigenvalue weighted by Crippen LogP contribution is 2.25. The van der Waals surface area contributed by atoms with Gasteiger partial charge >= 0.3 is 0 Å². The van der Waals surface area contributed by atoms with Crippen molar-refractivity contribution < 1.29 is 9.47 Å². The van der Waals surface area contributed by atoms with E-state index in [1.165, 1.54) is 11.1 Å². The number of hydrogen-bond acceptors (Lipinski definition) is 4. The van der Waals surface area contributed by atoms with Gasteiger partial charge in [0, 0.05) is 18.4 Å². The summed E-state index contributed by atoms with van der Waals surface area (Å²) in [4.78, 5) is 2.42. The van der Waals surface area contributed by atoms with E-state index in [0.29, 0.717) is 13.2 Å². The number of nitrogens with zero attached hydrogens (tertiary/aromatic N) is 1. The van der Waals surface area contributed by atoms with Gasteiger partial charge in [-0.05, 0) is 80.4 Å². The molecule has 2 rings (SSSR count). The molecule has 0 unspecified atom stereocenters. The summed E-state index contributed by atoms with van der Waals surface area (Å²) in [5, 5.41) is 4.24. The summed E-state index contributed by atoms with van der Waals surface area (Å²) in [5.41, 5.74) is 2.53. The molecule has 3 nitrogen and oxygen atoms in total. The Bertz CT molecular complexity index is 753. The van der Waals surface area contributed by atoms with Crippen molar-refractivity contribution >= 4 is 11.3 Å². The van der Waals surface area contributed by atoms with Gasteiger partial charge in [0.2, 0.25) is 0 Å². The van der Waals surface area contributed by atoms with Crippen molar-refractivity contribution in [1.29, 1.82) is 0 Å². The Balaban J connectivity index is 1.58. The molecule has 1 aromatic carbocycles. The summed E-state index contributed by atoms with van der Waals surface area (Å²) in [6.07, 6.45) is 2.08. The number of ether oxygens (including phenoxy) is 2. The van der Waals surface area contributed by atoms with E-state index in [2.05, 4.69) is 73.4 Å². The summed E-state index contributed by atoms with van der Waals surface area (Å²) in [6.45, 7) is 13.6. The van der Waals surface area contributed by atoms with Crippen molar-refractivity contribution in [2.45, 2.75) is 40.5 Å². The third-order valence-corrected chi connectivity index (χ3v) is 5.11. The van der Waals surface area contributed by atoms with Crippen LogP contribution in [0, 0.1) is 17.3 Å². The predicted octanol–water partition coefficient (Wildman–Crippen LogP) is 5.96. The predicted molar refractivity (Wildman–Crippen MR) is 125 cm³/mol. The van der Waals surface area contributed by atoms with Crippen molar-refractivity contribution in [1.82, 2.24) is 4.90 Å². The maximum Gasteiger partial charge on any atom is 0.120 e. The monoisotopic (exact) mass is 413 g/mol. The maximum atomic E-state index is 5.85. The van der Waals surface area contributed by atoms with Gasteiger partial charge in [0.25, 0.3) is 0 Å². The van der Waals surface area contributed by atoms with Crippen LogP contribution < -0.4 is 4.74 Å². The van der Waals surface area contributed by atoms with Gasteiger partial charge in [-0.2, -0.15) is 11.3 Å². The second-order valence-electron chi connectivity index (χ2n) is 8.09. The minimum absolute atomic E-state index is 0.103. The van der Waals surface area contributed by atoms with Crippen molar-refractivity contribution in [3.05, 3.63) is 41.1 Å². The first-order valence-electron chi connectivity index (χ1n) is 10.5. The zero-order chi connectivity index (χ0) is 21.0. The van der Waals surface area contributed by atoms with Crippen LogP contribution in [-0.2, 0) is 4.74 Å². The van der Waals surface area contributed by atoms with Gasteiger partial charge < -0.3 is 14.4 Å². The van der Waals surface area contributed by atoms with Crippen molar-refractivity contribution in [3.8, 4) is 28.7 Å². The van der Waals surface area contributed by atoms with Crippen LogP contribution in [-0.4, -0.2) is 44.4 Å². The van der Waals surface area contributed by atoms with Crippen LogP contribution in [0.4, 0.5) is 0 Å². The average molecular weight is 414 g/mol. The summed E-state index contributed by atoms with van der Waals surface area (Å²) >= 11 is 1.71.